The summed E-state index contributed by atoms with van der Waals surface area (Å²) in [5.41, 5.74) is 0.726. The van der Waals surface area contributed by atoms with Gasteiger partial charge in [-0.2, -0.15) is 0 Å². The topological polar surface area (TPSA) is 53.1 Å². The van der Waals surface area contributed by atoms with Crippen LogP contribution >= 0.6 is 0 Å². The van der Waals surface area contributed by atoms with Crippen molar-refractivity contribution in [3.8, 4) is 0 Å². The van der Waals surface area contributed by atoms with E-state index in [4.69, 9.17) is 4.74 Å². The molecule has 1 aromatic rings. The molecule has 0 N–H and O–H groups in total. The number of rotatable bonds is 4. The van der Waals surface area contributed by atoms with E-state index in [0.29, 0.717) is 13.1 Å². The molecular weight excluding hydrogens is 378 g/mol. The van der Waals surface area contributed by atoms with Crippen molar-refractivity contribution < 1.29 is 14.3 Å². The van der Waals surface area contributed by atoms with Gasteiger partial charge in [0.2, 0.25) is 5.91 Å². The lowest BCUT2D eigenvalue weighted by molar-refractivity contribution is -0.138. The van der Waals surface area contributed by atoms with Crippen LogP contribution in [0, 0.1) is 5.92 Å². The van der Waals surface area contributed by atoms with Gasteiger partial charge in [-0.15, -0.1) is 0 Å². The number of hydrogen-bond donors (Lipinski definition) is 0. The smallest absolute Gasteiger partial charge is 0.410 e. The van der Waals surface area contributed by atoms with Gasteiger partial charge < -0.3 is 14.5 Å². The van der Waals surface area contributed by atoms with Crippen LogP contribution in [0.1, 0.15) is 39.2 Å². The third-order valence-corrected chi connectivity index (χ3v) is 5.65. The number of amides is 2. The molecule has 2 heterocycles. The van der Waals surface area contributed by atoms with Crippen molar-refractivity contribution in [2.24, 2.45) is 5.92 Å². The lowest BCUT2D eigenvalue weighted by Crippen LogP contribution is -2.52. The molecule has 0 bridgehead atoms. The van der Waals surface area contributed by atoms with Crippen molar-refractivity contribution in [1.29, 1.82) is 0 Å². The van der Waals surface area contributed by atoms with Crippen molar-refractivity contribution in [3.63, 3.8) is 0 Å². The van der Waals surface area contributed by atoms with Crippen LogP contribution < -0.4 is 0 Å². The van der Waals surface area contributed by atoms with Crippen LogP contribution in [0.15, 0.2) is 36.4 Å². The number of hydrogen-bond acceptors (Lipinski definition) is 4. The summed E-state index contributed by atoms with van der Waals surface area (Å²) in [5.74, 6) is 0.270. The number of benzene rings is 1. The van der Waals surface area contributed by atoms with E-state index in [1.165, 1.54) is 5.56 Å². The maximum atomic E-state index is 12.9. The summed E-state index contributed by atoms with van der Waals surface area (Å²) < 4.78 is 5.44. The highest BCUT2D eigenvalue weighted by atomic mass is 16.6. The average molecular weight is 414 g/mol. The molecule has 164 valence electrons. The Hall–Kier alpha value is -2.34. The minimum Gasteiger partial charge on any atom is -0.444 e. The summed E-state index contributed by atoms with van der Waals surface area (Å²) in [6.45, 7) is 11.1. The van der Waals surface area contributed by atoms with E-state index >= 15 is 0 Å². The predicted molar refractivity (Wildman–Crippen MR) is 119 cm³/mol. The van der Waals surface area contributed by atoms with Crippen molar-refractivity contribution in [2.75, 3.05) is 45.8 Å². The summed E-state index contributed by atoms with van der Waals surface area (Å²) in [4.78, 5) is 31.2. The van der Waals surface area contributed by atoms with Crippen molar-refractivity contribution in [3.05, 3.63) is 42.0 Å². The minimum absolute atomic E-state index is 0.0215. The predicted octanol–water partition coefficient (Wildman–Crippen LogP) is 3.49. The molecular formula is C24H35N3O3. The molecule has 2 amide bonds. The first-order chi connectivity index (χ1) is 14.3. The minimum atomic E-state index is -0.486. The van der Waals surface area contributed by atoms with E-state index in [1.54, 1.807) is 4.90 Å². The van der Waals surface area contributed by atoms with Crippen LogP contribution in [0.3, 0.4) is 0 Å². The third-order valence-electron chi connectivity index (χ3n) is 5.65. The Morgan fingerprint density at radius 3 is 2.20 bits per heavy atom. The van der Waals surface area contributed by atoms with Crippen molar-refractivity contribution >= 4 is 18.1 Å². The number of ether oxygens (including phenoxy) is 1. The Balaban J connectivity index is 1.38. The highest BCUT2D eigenvalue weighted by Crippen LogP contribution is 2.22. The van der Waals surface area contributed by atoms with Gasteiger partial charge in [0.15, 0.2) is 0 Å². The Morgan fingerprint density at radius 1 is 0.967 bits per heavy atom. The molecule has 0 saturated carbocycles. The molecule has 1 aromatic carbocycles. The number of nitrogens with zero attached hydrogens (tertiary/aromatic N) is 3. The lowest BCUT2D eigenvalue weighted by atomic mass is 9.95. The van der Waals surface area contributed by atoms with Gasteiger partial charge in [0.05, 0.1) is 0 Å². The maximum absolute atomic E-state index is 12.9. The molecule has 0 unspecified atom stereocenters. The second-order valence-electron chi connectivity index (χ2n) is 9.18. The zero-order valence-electron chi connectivity index (χ0n) is 18.5. The van der Waals surface area contributed by atoms with E-state index in [9.17, 15) is 9.59 Å². The second-order valence-corrected chi connectivity index (χ2v) is 9.18. The number of piperazine rings is 1. The van der Waals surface area contributed by atoms with Crippen LogP contribution in [-0.4, -0.2) is 78.1 Å². The van der Waals surface area contributed by atoms with Crippen LogP contribution in [0.4, 0.5) is 4.79 Å². The lowest BCUT2D eigenvalue weighted by Gasteiger charge is -2.38. The number of carbonyl (C=O) groups is 2. The Kier molecular flexibility index (Phi) is 7.53. The molecule has 2 aliphatic heterocycles. The number of piperidine rings is 1. The molecule has 0 radical (unpaired) electrons. The Bertz CT molecular complexity index is 726. The molecule has 0 spiro atoms. The maximum Gasteiger partial charge on any atom is 0.410 e. The van der Waals surface area contributed by atoms with E-state index in [2.05, 4.69) is 29.2 Å². The van der Waals surface area contributed by atoms with Gasteiger partial charge in [-0.3, -0.25) is 9.69 Å². The first-order valence-corrected chi connectivity index (χ1v) is 11.0. The SMILES string of the molecule is CC(C)(C)OC(=O)N1CCC(C(=O)N2CCN(C/C=C/c3ccccc3)CC2)CC1. The molecule has 0 aliphatic carbocycles. The van der Waals surface area contributed by atoms with Gasteiger partial charge in [0, 0.05) is 51.7 Å². The summed E-state index contributed by atoms with van der Waals surface area (Å²) in [6.07, 6.45) is 5.51. The van der Waals surface area contributed by atoms with Gasteiger partial charge in [0.25, 0.3) is 0 Å². The monoisotopic (exact) mass is 413 g/mol. The molecule has 2 saturated heterocycles. The second kappa shape index (κ2) is 10.1. The van der Waals surface area contributed by atoms with Crippen LogP contribution in [0.2, 0.25) is 0 Å². The molecule has 0 aromatic heterocycles. The summed E-state index contributed by atoms with van der Waals surface area (Å²) >= 11 is 0. The largest absolute Gasteiger partial charge is 0.444 e. The molecule has 3 rings (SSSR count). The summed E-state index contributed by atoms with van der Waals surface area (Å²) in [6, 6.07) is 10.3. The van der Waals surface area contributed by atoms with Gasteiger partial charge >= 0.3 is 6.09 Å². The summed E-state index contributed by atoms with van der Waals surface area (Å²) in [7, 11) is 0. The molecule has 0 atom stereocenters. The highest BCUT2D eigenvalue weighted by molar-refractivity contribution is 5.79. The fourth-order valence-corrected chi connectivity index (χ4v) is 3.95. The number of likely N-dealkylation sites (tertiary alicyclic amines) is 1. The third kappa shape index (κ3) is 6.59. The quantitative estimate of drug-likeness (QED) is 0.758. The molecule has 30 heavy (non-hydrogen) atoms. The van der Waals surface area contributed by atoms with Gasteiger partial charge in [-0.1, -0.05) is 42.5 Å². The normalized spacial score (nSPS) is 19.3. The number of carbonyl (C=O) groups excluding carboxylic acids is 2. The zero-order valence-corrected chi connectivity index (χ0v) is 18.5. The van der Waals surface area contributed by atoms with Crippen LogP contribution in [0.5, 0.6) is 0 Å². The summed E-state index contributed by atoms with van der Waals surface area (Å²) in [5, 5.41) is 0. The van der Waals surface area contributed by atoms with Gasteiger partial charge in [0.1, 0.15) is 5.60 Å². The van der Waals surface area contributed by atoms with Crippen molar-refractivity contribution in [1.82, 2.24) is 14.7 Å². The molecule has 6 heteroatoms. The molecule has 2 aliphatic rings. The first-order valence-electron chi connectivity index (χ1n) is 11.0. The first kappa shape index (κ1) is 22.3. The zero-order chi connectivity index (χ0) is 21.6. The Morgan fingerprint density at radius 2 is 1.60 bits per heavy atom. The fourth-order valence-electron chi connectivity index (χ4n) is 3.95. The van der Waals surface area contributed by atoms with Gasteiger partial charge in [-0.25, -0.2) is 4.79 Å². The van der Waals surface area contributed by atoms with Crippen LogP contribution in [0.25, 0.3) is 6.08 Å². The fraction of sp³-hybridized carbons (Fsp3) is 0.583. The van der Waals surface area contributed by atoms with E-state index < -0.39 is 5.60 Å². The highest BCUT2D eigenvalue weighted by Gasteiger charge is 2.32. The van der Waals surface area contributed by atoms with E-state index in [0.717, 1.165) is 45.6 Å². The Labute approximate surface area is 180 Å². The van der Waals surface area contributed by atoms with E-state index in [1.807, 2.05) is 43.9 Å². The van der Waals surface area contributed by atoms with Crippen molar-refractivity contribution in [2.45, 2.75) is 39.2 Å². The van der Waals surface area contributed by atoms with Gasteiger partial charge in [-0.05, 0) is 39.2 Å². The standard InChI is InChI=1S/C24H35N3O3/c1-24(2,3)30-23(29)27-14-11-21(12-15-27)22(28)26-18-16-25(17-19-26)13-7-10-20-8-5-4-6-9-20/h4-10,21H,11-19H2,1-3H3/b10-7+. The van der Waals surface area contributed by atoms with E-state index in [-0.39, 0.29) is 17.9 Å². The molecule has 6 nitrogen and oxygen atoms in total. The average Bonchev–Trinajstić information content (AvgIpc) is 2.73. The molecule has 2 fully saturated rings. The van der Waals surface area contributed by atoms with Crippen LogP contribution in [-0.2, 0) is 9.53 Å².